The van der Waals surface area contributed by atoms with Crippen LogP contribution in [0.3, 0.4) is 0 Å². The van der Waals surface area contributed by atoms with Crippen molar-refractivity contribution >= 4 is 28.6 Å². The number of thioether (sulfide) groups is 1. The summed E-state index contributed by atoms with van der Waals surface area (Å²) >= 11 is 1.65. The highest BCUT2D eigenvalue weighted by Gasteiger charge is 2.19. The molecule has 0 saturated carbocycles. The van der Waals surface area contributed by atoms with Crippen LogP contribution in [-0.4, -0.2) is 44.1 Å². The van der Waals surface area contributed by atoms with E-state index in [0.29, 0.717) is 6.61 Å². The van der Waals surface area contributed by atoms with Gasteiger partial charge in [0.25, 0.3) is 0 Å². The molecule has 6 nitrogen and oxygen atoms in total. The van der Waals surface area contributed by atoms with Crippen molar-refractivity contribution < 1.29 is 14.6 Å². The number of pyridine rings is 1. The number of aliphatic hydroxyl groups excluding tert-OH is 1. The van der Waals surface area contributed by atoms with Crippen LogP contribution in [0.25, 0.3) is 10.9 Å². The number of aliphatic hydroxyl groups is 1. The van der Waals surface area contributed by atoms with Crippen LogP contribution in [0.1, 0.15) is 36.8 Å². The third-order valence-corrected chi connectivity index (χ3v) is 5.23. The Morgan fingerprint density at radius 1 is 1.30 bits per heavy atom. The highest BCUT2D eigenvalue weighted by Crippen LogP contribution is 2.25. The number of carbonyl (C=O) groups excluding carboxylic acids is 1. The van der Waals surface area contributed by atoms with Crippen LogP contribution in [0.5, 0.6) is 0 Å². The first kappa shape index (κ1) is 19.4. The van der Waals surface area contributed by atoms with E-state index in [0.717, 1.165) is 28.1 Å². The zero-order valence-electron chi connectivity index (χ0n) is 15.4. The molecule has 0 bridgehead atoms. The largest absolute Gasteiger partial charge is 0.461 e. The average molecular weight is 385 g/mol. The van der Waals surface area contributed by atoms with Gasteiger partial charge in [-0.25, -0.2) is 14.8 Å². The number of benzene rings is 1. The number of esters is 1. The lowest BCUT2D eigenvalue weighted by Gasteiger charge is -2.21. The molecule has 0 saturated heterocycles. The molecule has 0 amide bonds. The number of rotatable bonds is 8. The fourth-order valence-electron chi connectivity index (χ4n) is 2.88. The average Bonchev–Trinajstić information content (AvgIpc) is 3.15. The molecule has 2 heterocycles. The summed E-state index contributed by atoms with van der Waals surface area (Å²) in [5.74, 6) is 0.337. The Morgan fingerprint density at radius 2 is 2.11 bits per heavy atom. The van der Waals surface area contributed by atoms with E-state index in [1.165, 1.54) is 0 Å². The molecule has 2 atom stereocenters. The zero-order valence-corrected chi connectivity index (χ0v) is 16.2. The van der Waals surface area contributed by atoms with Gasteiger partial charge in [0.15, 0.2) is 5.69 Å². The van der Waals surface area contributed by atoms with Gasteiger partial charge in [0.05, 0.1) is 35.6 Å². The van der Waals surface area contributed by atoms with Gasteiger partial charge >= 0.3 is 5.97 Å². The number of carbonyl (C=O) groups is 1. The van der Waals surface area contributed by atoms with Crippen molar-refractivity contribution in [1.29, 1.82) is 0 Å². The van der Waals surface area contributed by atoms with Crippen molar-refractivity contribution in [3.8, 4) is 0 Å². The van der Waals surface area contributed by atoms with Crippen LogP contribution in [-0.2, 0) is 4.74 Å². The van der Waals surface area contributed by atoms with Crippen molar-refractivity contribution in [2.75, 3.05) is 12.4 Å². The zero-order chi connectivity index (χ0) is 19.2. The smallest absolute Gasteiger partial charge is 0.358 e. The van der Waals surface area contributed by atoms with Crippen molar-refractivity contribution in [3.63, 3.8) is 0 Å². The third-order valence-electron chi connectivity index (χ3n) is 4.26. The minimum Gasteiger partial charge on any atom is -0.461 e. The number of aromatic nitrogens is 3. The first-order chi connectivity index (χ1) is 13.1. The number of hydrogen-bond acceptors (Lipinski definition) is 6. The molecular weight excluding hydrogens is 362 g/mol. The molecule has 0 radical (unpaired) electrons. The number of ether oxygens (including phenoxy) is 1. The minimum atomic E-state index is -0.570. The van der Waals surface area contributed by atoms with Crippen LogP contribution in [0.15, 0.2) is 53.9 Å². The Balaban J connectivity index is 1.63. The van der Waals surface area contributed by atoms with E-state index in [9.17, 15) is 9.90 Å². The van der Waals surface area contributed by atoms with Gasteiger partial charge in [-0.2, -0.15) is 0 Å². The number of para-hydroxylation sites is 1. The van der Waals surface area contributed by atoms with Gasteiger partial charge in [-0.3, -0.25) is 0 Å². The topological polar surface area (TPSA) is 77.2 Å². The summed E-state index contributed by atoms with van der Waals surface area (Å²) in [6.45, 7) is 3.81. The van der Waals surface area contributed by atoms with E-state index >= 15 is 0 Å². The number of nitrogens with zero attached hydrogens (tertiary/aromatic N) is 3. The Morgan fingerprint density at radius 3 is 2.89 bits per heavy atom. The van der Waals surface area contributed by atoms with Crippen molar-refractivity contribution in [3.05, 3.63) is 54.6 Å². The Kier molecular flexibility index (Phi) is 6.47. The molecule has 1 aromatic carbocycles. The second kappa shape index (κ2) is 9.01. The second-order valence-corrected chi connectivity index (χ2v) is 7.33. The molecule has 3 aromatic rings. The summed E-state index contributed by atoms with van der Waals surface area (Å²) in [5, 5.41) is 12.2. The molecule has 0 aliphatic carbocycles. The van der Waals surface area contributed by atoms with Crippen molar-refractivity contribution in [2.45, 2.75) is 37.4 Å². The minimum absolute atomic E-state index is 0.173. The van der Waals surface area contributed by atoms with E-state index in [4.69, 9.17) is 4.74 Å². The molecule has 2 aromatic heterocycles. The summed E-state index contributed by atoms with van der Waals surface area (Å²) in [6.07, 6.45) is 3.35. The summed E-state index contributed by atoms with van der Waals surface area (Å²) in [5.41, 5.74) is 1.23. The van der Waals surface area contributed by atoms with Crippen LogP contribution >= 0.6 is 11.8 Å². The first-order valence-electron chi connectivity index (χ1n) is 8.95. The Labute approximate surface area is 162 Å². The van der Waals surface area contributed by atoms with E-state index in [1.54, 1.807) is 42.7 Å². The maximum absolute atomic E-state index is 11.8. The van der Waals surface area contributed by atoms with Gasteiger partial charge in [-0.1, -0.05) is 24.3 Å². The second-order valence-electron chi connectivity index (χ2n) is 6.21. The van der Waals surface area contributed by atoms with Gasteiger partial charge in [0.1, 0.15) is 0 Å². The molecule has 0 unspecified atom stereocenters. The van der Waals surface area contributed by atoms with Gasteiger partial charge in [-0.05, 0) is 32.4 Å². The number of fused-ring (bicyclic) bond motifs is 1. The van der Waals surface area contributed by atoms with Gasteiger partial charge in [-0.15, -0.1) is 11.8 Å². The van der Waals surface area contributed by atoms with E-state index in [1.807, 2.05) is 30.3 Å². The molecule has 7 heteroatoms. The Bertz CT molecular complexity index is 910. The van der Waals surface area contributed by atoms with Gasteiger partial charge in [0, 0.05) is 17.3 Å². The molecule has 0 aliphatic heterocycles. The van der Waals surface area contributed by atoms with E-state index < -0.39 is 12.1 Å². The van der Waals surface area contributed by atoms with Crippen molar-refractivity contribution in [2.24, 2.45) is 0 Å². The molecular formula is C20H23N3O3S. The molecule has 1 N–H and O–H groups in total. The summed E-state index contributed by atoms with van der Waals surface area (Å²) in [7, 11) is 0. The normalized spacial score (nSPS) is 13.4. The van der Waals surface area contributed by atoms with E-state index in [-0.39, 0.29) is 11.7 Å². The number of imidazole rings is 1. The van der Waals surface area contributed by atoms with Crippen LogP contribution in [0.2, 0.25) is 0 Å². The maximum Gasteiger partial charge on any atom is 0.358 e. The highest BCUT2D eigenvalue weighted by atomic mass is 32.2. The lowest BCUT2D eigenvalue weighted by atomic mass is 10.1. The van der Waals surface area contributed by atoms with Gasteiger partial charge in [0.2, 0.25) is 0 Å². The lowest BCUT2D eigenvalue weighted by molar-refractivity contribution is 0.0519. The molecule has 27 heavy (non-hydrogen) atoms. The highest BCUT2D eigenvalue weighted by molar-refractivity contribution is 7.99. The maximum atomic E-state index is 11.8. The molecule has 3 rings (SSSR count). The monoisotopic (exact) mass is 385 g/mol. The summed E-state index contributed by atoms with van der Waals surface area (Å²) in [6, 6.07) is 11.9. The standard InChI is InChI=1S/C20H23N3O3S/c1-3-26-20(25)17-12-23(13-21-17)18(14(2)24)10-11-27-19-9-8-15-6-4-5-7-16(15)22-19/h4-9,12-14,18,24H,3,10-11H2,1-2H3/t14-,18+/m0/s1. The summed E-state index contributed by atoms with van der Waals surface area (Å²) < 4.78 is 6.75. The van der Waals surface area contributed by atoms with Gasteiger partial charge < -0.3 is 14.4 Å². The summed E-state index contributed by atoms with van der Waals surface area (Å²) in [4.78, 5) is 20.5. The fraction of sp³-hybridized carbons (Fsp3) is 0.350. The van der Waals surface area contributed by atoms with E-state index in [2.05, 4.69) is 16.0 Å². The number of hydrogen-bond donors (Lipinski definition) is 1. The van der Waals surface area contributed by atoms with Crippen LogP contribution < -0.4 is 0 Å². The predicted molar refractivity (Wildman–Crippen MR) is 106 cm³/mol. The SMILES string of the molecule is CCOC(=O)c1cn([C@H](CCSc2ccc3ccccc3n2)[C@H](C)O)cn1. The van der Waals surface area contributed by atoms with Crippen molar-refractivity contribution in [1.82, 2.24) is 14.5 Å². The molecule has 0 fully saturated rings. The molecule has 0 aliphatic rings. The lowest BCUT2D eigenvalue weighted by Crippen LogP contribution is -2.21. The quantitative estimate of drug-likeness (QED) is 0.470. The fourth-order valence-corrected chi connectivity index (χ4v) is 3.78. The predicted octanol–water partition coefficient (Wildman–Crippen LogP) is 3.71. The van der Waals surface area contributed by atoms with Crippen LogP contribution in [0.4, 0.5) is 0 Å². The molecule has 142 valence electrons. The Hall–Kier alpha value is -2.38. The first-order valence-corrected chi connectivity index (χ1v) is 9.94. The van der Waals surface area contributed by atoms with Crippen LogP contribution in [0, 0.1) is 0 Å². The third kappa shape index (κ3) is 4.87. The molecule has 0 spiro atoms.